The fourth-order valence-corrected chi connectivity index (χ4v) is 7.80. The molecular formula is C36H30N10O14S3. The highest BCUT2D eigenvalue weighted by molar-refractivity contribution is 7.86. The number of ether oxygens (including phenoxy) is 2. The Morgan fingerprint density at radius 2 is 1.05 bits per heavy atom. The normalized spacial score (nSPS) is 12.5. The lowest BCUT2D eigenvalue weighted by molar-refractivity contribution is -0.384. The molecule has 24 nitrogen and oxygen atoms in total. The SMILES string of the molecule is COc1cc(-c2ccc(N=Nc3c(S(=O)(=O)O)cc4cc(S(=O)(=O)O)c(N=Nc5ccc([N+](=O)[O-])cc5)c(N)c4c3O)c(OC)c2)ccc1N=Nc1cc(S(=O)(=O)O)c(N)cc1N. The zero-order chi connectivity index (χ0) is 46.2. The summed E-state index contributed by atoms with van der Waals surface area (Å²) in [5.74, 6) is -0.758. The zero-order valence-electron chi connectivity index (χ0n) is 32.0. The lowest BCUT2D eigenvalue weighted by Gasteiger charge is -2.14. The predicted octanol–water partition coefficient (Wildman–Crippen LogP) is 7.87. The Morgan fingerprint density at radius 1 is 0.571 bits per heavy atom. The number of benzene rings is 6. The molecule has 6 aromatic rings. The molecule has 0 aliphatic carbocycles. The Balaban J connectivity index is 1.39. The first kappa shape index (κ1) is 44.9. The quantitative estimate of drug-likeness (QED) is 0.0190. The minimum absolute atomic E-state index is 0.0121. The van der Waals surface area contributed by atoms with Crippen LogP contribution in [-0.4, -0.2) is 63.2 Å². The third kappa shape index (κ3) is 9.46. The molecule has 0 saturated carbocycles. The van der Waals surface area contributed by atoms with Crippen LogP contribution >= 0.6 is 0 Å². The third-order valence-corrected chi connectivity index (χ3v) is 11.5. The average molecular weight is 923 g/mol. The predicted molar refractivity (Wildman–Crippen MR) is 225 cm³/mol. The first-order chi connectivity index (χ1) is 29.5. The molecule has 6 aromatic carbocycles. The van der Waals surface area contributed by atoms with E-state index in [0.717, 1.165) is 30.3 Å². The van der Waals surface area contributed by atoms with E-state index in [2.05, 4.69) is 30.7 Å². The van der Waals surface area contributed by atoms with Gasteiger partial charge < -0.3 is 31.8 Å². The van der Waals surface area contributed by atoms with Gasteiger partial charge in [0.25, 0.3) is 36.0 Å². The second-order valence-corrected chi connectivity index (χ2v) is 17.0. The van der Waals surface area contributed by atoms with E-state index in [4.69, 9.17) is 26.7 Å². The molecule has 6 rings (SSSR count). The largest absolute Gasteiger partial charge is 0.505 e. The van der Waals surface area contributed by atoms with Gasteiger partial charge in [-0.2, -0.15) is 30.4 Å². The van der Waals surface area contributed by atoms with E-state index in [1.165, 1.54) is 44.6 Å². The van der Waals surface area contributed by atoms with Gasteiger partial charge in [-0.05, 0) is 77.2 Å². The Hall–Kier alpha value is -7.69. The van der Waals surface area contributed by atoms with E-state index >= 15 is 0 Å². The first-order valence-corrected chi connectivity index (χ1v) is 21.4. The summed E-state index contributed by atoms with van der Waals surface area (Å²) in [4.78, 5) is 7.71. The highest BCUT2D eigenvalue weighted by Gasteiger charge is 2.28. The van der Waals surface area contributed by atoms with Crippen LogP contribution in [-0.2, 0) is 30.4 Å². The van der Waals surface area contributed by atoms with Gasteiger partial charge in [0.1, 0.15) is 54.6 Å². The van der Waals surface area contributed by atoms with Crippen LogP contribution in [0.3, 0.4) is 0 Å². The fourth-order valence-electron chi connectivity index (χ4n) is 5.86. The van der Waals surface area contributed by atoms with Crippen LogP contribution in [0.4, 0.5) is 56.9 Å². The summed E-state index contributed by atoms with van der Waals surface area (Å²) >= 11 is 0. The number of nitrogen functional groups attached to an aromatic ring is 3. The van der Waals surface area contributed by atoms with E-state index in [-0.39, 0.29) is 51.3 Å². The van der Waals surface area contributed by atoms with E-state index in [9.17, 15) is 54.1 Å². The van der Waals surface area contributed by atoms with Crippen molar-refractivity contribution in [3.63, 3.8) is 0 Å². The highest BCUT2D eigenvalue weighted by atomic mass is 32.2. The summed E-state index contributed by atoms with van der Waals surface area (Å²) < 4.78 is 114. The van der Waals surface area contributed by atoms with Crippen molar-refractivity contribution in [3.8, 4) is 28.4 Å². The number of anilines is 3. The van der Waals surface area contributed by atoms with Crippen LogP contribution < -0.4 is 26.7 Å². The van der Waals surface area contributed by atoms with Crippen molar-refractivity contribution in [2.45, 2.75) is 14.7 Å². The number of non-ortho nitro benzene ring substituents is 1. The number of nitro benzene ring substituents is 1. The van der Waals surface area contributed by atoms with Crippen molar-refractivity contribution in [2.75, 3.05) is 31.4 Å². The minimum atomic E-state index is -5.24. The van der Waals surface area contributed by atoms with Gasteiger partial charge >= 0.3 is 0 Å². The number of nitro groups is 1. The summed E-state index contributed by atoms with van der Waals surface area (Å²) in [6.45, 7) is 0. The summed E-state index contributed by atoms with van der Waals surface area (Å²) in [6, 6.07) is 17.2. The van der Waals surface area contributed by atoms with Crippen molar-refractivity contribution in [1.29, 1.82) is 0 Å². The topological polar surface area (TPSA) is 397 Å². The second kappa shape index (κ2) is 17.0. The molecule has 326 valence electrons. The van der Waals surface area contributed by atoms with Crippen LogP contribution in [0.15, 0.2) is 130 Å². The van der Waals surface area contributed by atoms with Gasteiger partial charge in [-0.15, -0.1) is 25.6 Å². The number of phenolic OH excluding ortho intramolecular Hbond substituents is 1. The molecular weight excluding hydrogens is 893 g/mol. The lowest BCUT2D eigenvalue weighted by atomic mass is 10.0. The highest BCUT2D eigenvalue weighted by Crippen LogP contribution is 2.49. The van der Waals surface area contributed by atoms with Crippen LogP contribution in [0, 0.1) is 10.1 Å². The molecule has 0 saturated heterocycles. The number of hydrogen-bond donors (Lipinski definition) is 7. The van der Waals surface area contributed by atoms with E-state index < -0.39 is 83.5 Å². The number of nitrogens with two attached hydrogens (primary N) is 3. The van der Waals surface area contributed by atoms with Gasteiger partial charge in [0.2, 0.25) is 0 Å². The van der Waals surface area contributed by atoms with Crippen molar-refractivity contribution in [2.24, 2.45) is 30.7 Å². The Bertz CT molecular complexity index is 3310. The van der Waals surface area contributed by atoms with Crippen molar-refractivity contribution >= 4 is 98.0 Å². The van der Waals surface area contributed by atoms with Gasteiger partial charge in [0.05, 0.1) is 47.3 Å². The Labute approximate surface area is 355 Å². The summed E-state index contributed by atoms with van der Waals surface area (Å²) in [6.07, 6.45) is 0. The first-order valence-electron chi connectivity index (χ1n) is 17.1. The molecule has 27 heteroatoms. The maximum atomic E-state index is 12.6. The van der Waals surface area contributed by atoms with Crippen molar-refractivity contribution in [1.82, 2.24) is 0 Å². The van der Waals surface area contributed by atoms with Crippen molar-refractivity contribution in [3.05, 3.63) is 95.0 Å². The monoisotopic (exact) mass is 922 g/mol. The number of azo groups is 3. The Kier molecular flexibility index (Phi) is 12.1. The second-order valence-electron chi connectivity index (χ2n) is 12.8. The number of methoxy groups -OCH3 is 2. The molecule has 0 amide bonds. The van der Waals surface area contributed by atoms with Crippen molar-refractivity contribution < 1.29 is 58.4 Å². The molecule has 0 unspecified atom stereocenters. The van der Waals surface area contributed by atoms with Gasteiger partial charge in [-0.25, -0.2) is 0 Å². The number of rotatable bonds is 13. The molecule has 0 fully saturated rings. The van der Waals surface area contributed by atoms with Crippen LogP contribution in [0.1, 0.15) is 0 Å². The number of hydrogen-bond acceptors (Lipinski definition) is 20. The molecule has 10 N–H and O–H groups in total. The van der Waals surface area contributed by atoms with E-state index in [1.54, 1.807) is 18.2 Å². The number of phenols is 1. The molecule has 0 radical (unpaired) electrons. The Morgan fingerprint density at radius 3 is 1.54 bits per heavy atom. The molecule has 0 spiro atoms. The average Bonchev–Trinajstić information content (AvgIpc) is 3.21. The molecule has 0 bridgehead atoms. The summed E-state index contributed by atoms with van der Waals surface area (Å²) in [5, 5.41) is 45.2. The van der Waals surface area contributed by atoms with Crippen LogP contribution in [0.5, 0.6) is 17.2 Å². The van der Waals surface area contributed by atoms with Crippen LogP contribution in [0.2, 0.25) is 0 Å². The lowest BCUT2D eigenvalue weighted by Crippen LogP contribution is -2.04. The molecule has 0 aliphatic rings. The third-order valence-electron chi connectivity index (χ3n) is 8.85. The standard InChI is InChI=1S/C36H30N10O14S3/c1-59-27-11-17(3-9-24(27)41-43-26-16-29(61(50,51)52)23(38)15-22(26)37)18-4-10-25(28(12-18)60-2)42-45-35-31(63(56,57)58)14-19-13-30(62(53,54)55)34(33(39)32(19)36(35)47)44-40-20-5-7-21(8-6-20)46(48)49/h3-16,47H,37-39H2,1-2H3,(H,50,51,52)(H,53,54,55)(H,56,57,58). The molecule has 0 heterocycles. The molecule has 63 heavy (non-hydrogen) atoms. The number of fused-ring (bicyclic) bond motifs is 1. The fraction of sp³-hybridized carbons (Fsp3) is 0.0556. The molecule has 0 atom stereocenters. The minimum Gasteiger partial charge on any atom is -0.505 e. The maximum Gasteiger partial charge on any atom is 0.296 e. The van der Waals surface area contributed by atoms with Gasteiger partial charge in [0.15, 0.2) is 5.75 Å². The van der Waals surface area contributed by atoms with Crippen LogP contribution in [0.25, 0.3) is 21.9 Å². The maximum absolute atomic E-state index is 12.6. The smallest absolute Gasteiger partial charge is 0.296 e. The summed E-state index contributed by atoms with van der Waals surface area (Å²) in [5.41, 5.74) is 16.1. The van der Waals surface area contributed by atoms with Gasteiger partial charge in [0, 0.05) is 12.1 Å². The van der Waals surface area contributed by atoms with E-state index in [0.29, 0.717) is 17.2 Å². The van der Waals surface area contributed by atoms with E-state index in [1.807, 2.05) is 0 Å². The number of aromatic hydroxyl groups is 1. The molecule has 0 aliphatic heterocycles. The van der Waals surface area contributed by atoms with Gasteiger partial charge in [-0.1, -0.05) is 12.1 Å². The number of nitrogens with zero attached hydrogens (tertiary/aromatic N) is 7. The van der Waals surface area contributed by atoms with Gasteiger partial charge in [-0.3, -0.25) is 23.8 Å². The molecule has 0 aromatic heterocycles. The summed E-state index contributed by atoms with van der Waals surface area (Å²) in [7, 11) is -12.5. The zero-order valence-corrected chi connectivity index (χ0v) is 34.5.